The minimum absolute atomic E-state index is 0.0940. The smallest absolute Gasteiger partial charge is 0.127 e. The van der Waals surface area contributed by atoms with Gasteiger partial charge in [-0.2, -0.15) is 0 Å². The first-order valence-corrected chi connectivity index (χ1v) is 9.30. The van der Waals surface area contributed by atoms with Gasteiger partial charge in [0.05, 0.1) is 11.6 Å². The van der Waals surface area contributed by atoms with E-state index in [0.717, 1.165) is 18.8 Å². The van der Waals surface area contributed by atoms with Gasteiger partial charge in [0.15, 0.2) is 0 Å². The van der Waals surface area contributed by atoms with E-state index in [1.165, 1.54) is 27.9 Å². The molecule has 0 spiro atoms. The van der Waals surface area contributed by atoms with Crippen LogP contribution in [0.15, 0.2) is 36.4 Å². The molecule has 0 aliphatic carbocycles. The number of hydrogen-bond donors (Lipinski definition) is 1. The summed E-state index contributed by atoms with van der Waals surface area (Å²) >= 11 is 0. The SMILES string of the molecule is CCCOC1C(C)c2c(ccc3c2COc2ccccc2-3)NC1(C)C. The summed E-state index contributed by atoms with van der Waals surface area (Å²) in [6, 6.07) is 12.8. The highest BCUT2D eigenvalue weighted by molar-refractivity contribution is 5.80. The molecule has 2 aromatic rings. The van der Waals surface area contributed by atoms with Crippen LogP contribution in [0.4, 0.5) is 5.69 Å². The third-order valence-electron chi connectivity index (χ3n) is 5.49. The molecular weight excluding hydrogens is 310 g/mol. The normalized spacial score (nSPS) is 22.9. The lowest BCUT2D eigenvalue weighted by Crippen LogP contribution is -2.51. The number of ether oxygens (including phenoxy) is 2. The summed E-state index contributed by atoms with van der Waals surface area (Å²) in [5.74, 6) is 1.30. The highest BCUT2D eigenvalue weighted by Crippen LogP contribution is 2.48. The fraction of sp³-hybridized carbons (Fsp3) is 0.455. The molecule has 1 N–H and O–H groups in total. The number of fused-ring (bicyclic) bond motifs is 5. The van der Waals surface area contributed by atoms with Crippen molar-refractivity contribution in [3.05, 3.63) is 47.5 Å². The van der Waals surface area contributed by atoms with Gasteiger partial charge in [-0.15, -0.1) is 0 Å². The molecule has 0 saturated heterocycles. The summed E-state index contributed by atoms with van der Waals surface area (Å²) in [4.78, 5) is 0. The van der Waals surface area contributed by atoms with Crippen LogP contribution in [0.25, 0.3) is 11.1 Å². The van der Waals surface area contributed by atoms with Crippen molar-refractivity contribution >= 4 is 5.69 Å². The van der Waals surface area contributed by atoms with Crippen LogP contribution in [0.3, 0.4) is 0 Å². The topological polar surface area (TPSA) is 30.5 Å². The lowest BCUT2D eigenvalue weighted by atomic mass is 9.75. The lowest BCUT2D eigenvalue weighted by Gasteiger charge is -2.46. The highest BCUT2D eigenvalue weighted by Gasteiger charge is 2.42. The van der Waals surface area contributed by atoms with Gasteiger partial charge in [-0.1, -0.05) is 38.1 Å². The Morgan fingerprint density at radius 1 is 1.16 bits per heavy atom. The number of rotatable bonds is 3. The maximum absolute atomic E-state index is 6.27. The highest BCUT2D eigenvalue weighted by atomic mass is 16.5. The van der Waals surface area contributed by atoms with Crippen LogP contribution in [0.5, 0.6) is 5.75 Å². The summed E-state index contributed by atoms with van der Waals surface area (Å²) in [6.07, 6.45) is 1.18. The van der Waals surface area contributed by atoms with Crippen LogP contribution in [0.2, 0.25) is 0 Å². The van der Waals surface area contributed by atoms with Gasteiger partial charge in [0.2, 0.25) is 0 Å². The summed E-state index contributed by atoms with van der Waals surface area (Å²) in [5, 5.41) is 3.72. The predicted octanol–water partition coefficient (Wildman–Crippen LogP) is 5.35. The van der Waals surface area contributed by atoms with E-state index in [1.54, 1.807) is 0 Å². The van der Waals surface area contributed by atoms with E-state index in [4.69, 9.17) is 9.47 Å². The third-order valence-corrected chi connectivity index (χ3v) is 5.49. The fourth-order valence-corrected chi connectivity index (χ4v) is 4.46. The molecule has 0 saturated carbocycles. The molecule has 2 atom stereocenters. The molecule has 2 aliphatic heterocycles. The Kier molecular flexibility index (Phi) is 3.99. The minimum atomic E-state index is -0.0940. The average Bonchev–Trinajstić information content (AvgIpc) is 2.60. The average molecular weight is 337 g/mol. The Morgan fingerprint density at radius 2 is 1.96 bits per heavy atom. The number of para-hydroxylation sites is 1. The second-order valence-corrected chi connectivity index (χ2v) is 7.76. The maximum atomic E-state index is 6.27. The molecule has 4 rings (SSSR count). The standard InChI is InChI=1S/C22H27NO2/c1-5-12-24-21-14(2)20-17-13-25-19-9-7-6-8-16(19)15(17)10-11-18(20)23-22(21,3)4/h6-11,14,21,23H,5,12-13H2,1-4H3. The van der Waals surface area contributed by atoms with Gasteiger partial charge in [0.1, 0.15) is 12.4 Å². The molecule has 2 heterocycles. The molecule has 2 unspecified atom stereocenters. The van der Waals surface area contributed by atoms with E-state index < -0.39 is 0 Å². The Morgan fingerprint density at radius 3 is 2.76 bits per heavy atom. The maximum Gasteiger partial charge on any atom is 0.127 e. The summed E-state index contributed by atoms with van der Waals surface area (Å²) < 4.78 is 12.3. The molecule has 25 heavy (non-hydrogen) atoms. The minimum Gasteiger partial charge on any atom is -0.488 e. The van der Waals surface area contributed by atoms with E-state index in [2.05, 4.69) is 63.3 Å². The first-order valence-electron chi connectivity index (χ1n) is 9.30. The van der Waals surface area contributed by atoms with E-state index in [1.807, 2.05) is 6.07 Å². The van der Waals surface area contributed by atoms with E-state index in [0.29, 0.717) is 12.5 Å². The molecule has 0 amide bonds. The first-order chi connectivity index (χ1) is 12.0. The van der Waals surface area contributed by atoms with Crippen molar-refractivity contribution in [1.82, 2.24) is 0 Å². The van der Waals surface area contributed by atoms with Crippen molar-refractivity contribution in [3.8, 4) is 16.9 Å². The summed E-state index contributed by atoms with van der Waals surface area (Å²) in [6.45, 7) is 10.3. The largest absolute Gasteiger partial charge is 0.488 e. The molecule has 3 heteroatoms. The van der Waals surface area contributed by atoms with Gasteiger partial charge in [-0.25, -0.2) is 0 Å². The van der Waals surface area contributed by atoms with Crippen molar-refractivity contribution in [1.29, 1.82) is 0 Å². The quantitative estimate of drug-likeness (QED) is 0.819. The molecule has 0 aromatic heterocycles. The fourth-order valence-electron chi connectivity index (χ4n) is 4.46. The molecule has 0 fully saturated rings. The van der Waals surface area contributed by atoms with Gasteiger partial charge in [-0.05, 0) is 43.5 Å². The van der Waals surface area contributed by atoms with E-state index >= 15 is 0 Å². The predicted molar refractivity (Wildman–Crippen MR) is 102 cm³/mol. The van der Waals surface area contributed by atoms with Gasteiger partial charge in [0, 0.05) is 29.3 Å². The second kappa shape index (κ2) is 6.06. The summed E-state index contributed by atoms with van der Waals surface area (Å²) in [7, 11) is 0. The van der Waals surface area contributed by atoms with E-state index in [9.17, 15) is 0 Å². The number of hydrogen-bond acceptors (Lipinski definition) is 3. The molecule has 3 nitrogen and oxygen atoms in total. The summed E-state index contributed by atoms with van der Waals surface area (Å²) in [5.41, 5.74) is 6.26. The zero-order valence-electron chi connectivity index (χ0n) is 15.6. The molecule has 2 aliphatic rings. The lowest BCUT2D eigenvalue weighted by molar-refractivity contribution is -0.00162. The van der Waals surface area contributed by atoms with Crippen molar-refractivity contribution in [3.63, 3.8) is 0 Å². The van der Waals surface area contributed by atoms with Crippen LogP contribution in [0, 0.1) is 0 Å². The van der Waals surface area contributed by atoms with Gasteiger partial charge in [-0.3, -0.25) is 0 Å². The Hall–Kier alpha value is -2.00. The van der Waals surface area contributed by atoms with Crippen molar-refractivity contribution in [2.45, 2.75) is 58.3 Å². The molecule has 2 aromatic carbocycles. The zero-order valence-corrected chi connectivity index (χ0v) is 15.6. The van der Waals surface area contributed by atoms with Crippen LogP contribution < -0.4 is 10.1 Å². The molecule has 0 radical (unpaired) electrons. The van der Waals surface area contributed by atoms with Crippen molar-refractivity contribution in [2.24, 2.45) is 0 Å². The van der Waals surface area contributed by atoms with Crippen LogP contribution in [-0.4, -0.2) is 18.2 Å². The second-order valence-electron chi connectivity index (χ2n) is 7.76. The Labute approximate surface area is 150 Å². The monoisotopic (exact) mass is 337 g/mol. The molecule has 132 valence electrons. The number of anilines is 1. The zero-order chi connectivity index (χ0) is 17.6. The molecule has 0 bridgehead atoms. The third kappa shape index (κ3) is 2.62. The first kappa shape index (κ1) is 16.5. The molecular formula is C22H27NO2. The Balaban J connectivity index is 1.83. The van der Waals surface area contributed by atoms with Crippen molar-refractivity contribution < 1.29 is 9.47 Å². The Bertz CT molecular complexity index is 797. The van der Waals surface area contributed by atoms with Crippen LogP contribution in [-0.2, 0) is 11.3 Å². The number of nitrogens with one attached hydrogen (secondary N) is 1. The van der Waals surface area contributed by atoms with Crippen molar-refractivity contribution in [2.75, 3.05) is 11.9 Å². The van der Waals surface area contributed by atoms with Crippen LogP contribution in [0.1, 0.15) is 51.2 Å². The van der Waals surface area contributed by atoms with Gasteiger partial charge >= 0.3 is 0 Å². The van der Waals surface area contributed by atoms with Gasteiger partial charge in [0.25, 0.3) is 0 Å². The number of benzene rings is 2. The van der Waals surface area contributed by atoms with E-state index in [-0.39, 0.29) is 11.6 Å². The van der Waals surface area contributed by atoms with Crippen LogP contribution >= 0.6 is 0 Å². The van der Waals surface area contributed by atoms with Gasteiger partial charge < -0.3 is 14.8 Å².